The van der Waals surface area contributed by atoms with Crippen molar-refractivity contribution in [2.75, 3.05) is 5.73 Å². The summed E-state index contributed by atoms with van der Waals surface area (Å²) in [7, 11) is 0. The summed E-state index contributed by atoms with van der Waals surface area (Å²) in [5, 5.41) is 0.768. The van der Waals surface area contributed by atoms with Gasteiger partial charge in [0, 0.05) is 15.4 Å². The molecule has 0 bridgehead atoms. The molecule has 4 nitrogen and oxygen atoms in total. The van der Waals surface area contributed by atoms with Crippen LogP contribution in [-0.4, -0.2) is 10.9 Å². The van der Waals surface area contributed by atoms with Crippen molar-refractivity contribution in [3.05, 3.63) is 45.7 Å². The van der Waals surface area contributed by atoms with E-state index in [2.05, 4.69) is 20.9 Å². The lowest BCUT2D eigenvalue weighted by molar-refractivity contribution is 0.100. The van der Waals surface area contributed by atoms with E-state index in [1.54, 1.807) is 0 Å². The number of anilines is 1. The van der Waals surface area contributed by atoms with Crippen LogP contribution in [0.15, 0.2) is 40.9 Å². The molecule has 0 unspecified atom stereocenters. The van der Waals surface area contributed by atoms with Gasteiger partial charge in [0.2, 0.25) is 0 Å². The predicted octanol–water partition coefficient (Wildman–Crippen LogP) is 3.41. The van der Waals surface area contributed by atoms with E-state index in [0.29, 0.717) is 10.6 Å². The average molecular weight is 348 g/mol. The molecule has 0 saturated heterocycles. The molecule has 0 aliphatic carbocycles. The Balaban J connectivity index is 2.15. The molecule has 0 spiro atoms. The van der Waals surface area contributed by atoms with Crippen LogP contribution < -0.4 is 11.5 Å². The van der Waals surface area contributed by atoms with Crippen LogP contribution in [0.4, 0.5) is 5.69 Å². The zero-order chi connectivity index (χ0) is 14.3. The average Bonchev–Trinajstić information content (AvgIpc) is 2.77. The number of rotatable bonds is 2. The number of fused-ring (bicyclic) bond motifs is 1. The largest absolute Gasteiger partial charge is 0.397 e. The molecule has 0 atom stereocenters. The maximum absolute atomic E-state index is 11.3. The molecule has 0 aliphatic heterocycles. The van der Waals surface area contributed by atoms with Crippen molar-refractivity contribution in [2.45, 2.75) is 0 Å². The minimum atomic E-state index is -0.518. The van der Waals surface area contributed by atoms with Crippen LogP contribution >= 0.6 is 27.3 Å². The molecule has 0 fully saturated rings. The molecule has 100 valence electrons. The standard InChI is InChI=1S/C14H10BrN3OS/c15-8-3-1-7(2-4-8)10-6-5-9-11(16)12(13(17)19)20-14(9)18-10/h1-6H,16H2,(H2,17,19). The molecule has 1 amide bonds. The van der Waals surface area contributed by atoms with Gasteiger partial charge in [-0.25, -0.2) is 4.98 Å². The van der Waals surface area contributed by atoms with Crippen LogP contribution in [0.2, 0.25) is 0 Å². The van der Waals surface area contributed by atoms with Gasteiger partial charge in [-0.15, -0.1) is 11.3 Å². The second-order valence-corrected chi connectivity index (χ2v) is 6.18. The van der Waals surface area contributed by atoms with Gasteiger partial charge in [0.1, 0.15) is 9.71 Å². The maximum atomic E-state index is 11.3. The number of aromatic nitrogens is 1. The Bertz CT molecular complexity index is 811. The Labute approximate surface area is 127 Å². The van der Waals surface area contributed by atoms with Gasteiger partial charge < -0.3 is 11.5 Å². The van der Waals surface area contributed by atoms with Crippen molar-refractivity contribution in [3.63, 3.8) is 0 Å². The van der Waals surface area contributed by atoms with Gasteiger partial charge in [-0.3, -0.25) is 4.79 Å². The fraction of sp³-hybridized carbons (Fsp3) is 0. The van der Waals surface area contributed by atoms with Gasteiger partial charge in [0.05, 0.1) is 11.4 Å². The van der Waals surface area contributed by atoms with Crippen LogP contribution in [0.3, 0.4) is 0 Å². The number of carbonyl (C=O) groups excluding carboxylic acids is 1. The normalized spacial score (nSPS) is 10.8. The number of nitrogens with zero attached hydrogens (tertiary/aromatic N) is 1. The number of hydrogen-bond donors (Lipinski definition) is 2. The highest BCUT2D eigenvalue weighted by Gasteiger charge is 2.15. The molecule has 2 heterocycles. The highest BCUT2D eigenvalue weighted by molar-refractivity contribution is 9.10. The Kier molecular flexibility index (Phi) is 3.19. The third kappa shape index (κ3) is 2.17. The summed E-state index contributed by atoms with van der Waals surface area (Å²) in [4.78, 5) is 16.9. The van der Waals surface area contributed by atoms with Gasteiger partial charge in [0.25, 0.3) is 5.91 Å². The van der Waals surface area contributed by atoms with E-state index in [-0.39, 0.29) is 0 Å². The molecule has 2 aromatic heterocycles. The van der Waals surface area contributed by atoms with Crippen LogP contribution in [0.25, 0.3) is 21.5 Å². The van der Waals surface area contributed by atoms with Gasteiger partial charge >= 0.3 is 0 Å². The second-order valence-electron chi connectivity index (χ2n) is 4.27. The number of carbonyl (C=O) groups is 1. The molecular formula is C14H10BrN3OS. The number of amides is 1. The first-order valence-electron chi connectivity index (χ1n) is 5.81. The minimum Gasteiger partial charge on any atom is -0.397 e. The van der Waals surface area contributed by atoms with Gasteiger partial charge in [0.15, 0.2) is 0 Å². The van der Waals surface area contributed by atoms with Gasteiger partial charge in [-0.05, 0) is 24.3 Å². The van der Waals surface area contributed by atoms with Crippen molar-refractivity contribution in [1.29, 1.82) is 0 Å². The van der Waals surface area contributed by atoms with Gasteiger partial charge in [-0.1, -0.05) is 28.1 Å². The number of pyridine rings is 1. The highest BCUT2D eigenvalue weighted by atomic mass is 79.9. The summed E-state index contributed by atoms with van der Waals surface area (Å²) in [5.41, 5.74) is 13.5. The van der Waals surface area contributed by atoms with E-state index in [0.717, 1.165) is 25.9 Å². The molecule has 3 rings (SSSR count). The van der Waals surface area contributed by atoms with Crippen molar-refractivity contribution >= 4 is 49.1 Å². The Morgan fingerprint density at radius 2 is 1.85 bits per heavy atom. The Hall–Kier alpha value is -1.92. The van der Waals surface area contributed by atoms with Crippen LogP contribution in [-0.2, 0) is 0 Å². The zero-order valence-electron chi connectivity index (χ0n) is 10.3. The van der Waals surface area contributed by atoms with Crippen molar-refractivity contribution < 1.29 is 4.79 Å². The molecule has 3 aromatic rings. The first-order chi connectivity index (χ1) is 9.56. The van der Waals surface area contributed by atoms with E-state index in [9.17, 15) is 4.79 Å². The molecule has 6 heteroatoms. The summed E-state index contributed by atoms with van der Waals surface area (Å²) >= 11 is 4.62. The Morgan fingerprint density at radius 1 is 1.15 bits per heavy atom. The molecule has 0 radical (unpaired) electrons. The molecule has 0 aliphatic rings. The second kappa shape index (κ2) is 4.88. The maximum Gasteiger partial charge on any atom is 0.260 e. The van der Waals surface area contributed by atoms with Crippen molar-refractivity contribution in [3.8, 4) is 11.3 Å². The van der Waals surface area contributed by atoms with Crippen LogP contribution in [0, 0.1) is 0 Å². The van der Waals surface area contributed by atoms with Crippen LogP contribution in [0.5, 0.6) is 0 Å². The van der Waals surface area contributed by atoms with Gasteiger partial charge in [-0.2, -0.15) is 0 Å². The first kappa shape index (κ1) is 13.1. The lowest BCUT2D eigenvalue weighted by Gasteiger charge is -2.01. The Morgan fingerprint density at radius 3 is 2.50 bits per heavy atom. The minimum absolute atomic E-state index is 0.362. The number of benzene rings is 1. The van der Waals surface area contributed by atoms with E-state index in [1.807, 2.05) is 36.4 Å². The number of nitrogens with two attached hydrogens (primary N) is 2. The topological polar surface area (TPSA) is 82.0 Å². The summed E-state index contributed by atoms with van der Waals surface area (Å²) in [6.07, 6.45) is 0. The van der Waals surface area contributed by atoms with Crippen molar-refractivity contribution in [2.24, 2.45) is 5.73 Å². The smallest absolute Gasteiger partial charge is 0.260 e. The van der Waals surface area contributed by atoms with E-state index in [1.165, 1.54) is 11.3 Å². The summed E-state index contributed by atoms with van der Waals surface area (Å²) in [6.45, 7) is 0. The quantitative estimate of drug-likeness (QED) is 0.745. The third-order valence-electron chi connectivity index (χ3n) is 2.96. The summed E-state index contributed by atoms with van der Waals surface area (Å²) in [6, 6.07) is 11.6. The lowest BCUT2D eigenvalue weighted by atomic mass is 10.1. The molecule has 20 heavy (non-hydrogen) atoms. The highest BCUT2D eigenvalue weighted by Crippen LogP contribution is 2.33. The predicted molar refractivity (Wildman–Crippen MR) is 85.7 cm³/mol. The zero-order valence-corrected chi connectivity index (χ0v) is 12.7. The van der Waals surface area contributed by atoms with E-state index < -0.39 is 5.91 Å². The number of hydrogen-bond acceptors (Lipinski definition) is 4. The molecule has 1 aromatic carbocycles. The number of halogens is 1. The first-order valence-corrected chi connectivity index (χ1v) is 7.42. The summed E-state index contributed by atoms with van der Waals surface area (Å²) in [5.74, 6) is -0.518. The van der Waals surface area contributed by atoms with Crippen molar-refractivity contribution in [1.82, 2.24) is 4.98 Å². The van der Waals surface area contributed by atoms with E-state index >= 15 is 0 Å². The fourth-order valence-corrected chi connectivity index (χ4v) is 3.17. The third-order valence-corrected chi connectivity index (χ3v) is 4.62. The monoisotopic (exact) mass is 347 g/mol. The number of nitrogen functional groups attached to an aromatic ring is 1. The van der Waals surface area contributed by atoms with Crippen LogP contribution in [0.1, 0.15) is 9.67 Å². The molecular weight excluding hydrogens is 338 g/mol. The SMILES string of the molecule is NC(=O)c1sc2nc(-c3ccc(Br)cc3)ccc2c1N. The molecule has 4 N–H and O–H groups in total. The number of primary amides is 1. The van der Waals surface area contributed by atoms with E-state index in [4.69, 9.17) is 11.5 Å². The lowest BCUT2D eigenvalue weighted by Crippen LogP contribution is -2.10. The fourth-order valence-electron chi connectivity index (χ4n) is 1.96. The number of thiophene rings is 1. The summed E-state index contributed by atoms with van der Waals surface area (Å²) < 4.78 is 1.01. The molecule has 0 saturated carbocycles.